The van der Waals surface area contributed by atoms with Gasteiger partial charge in [0.05, 0.1) is 13.3 Å². The fourth-order valence-corrected chi connectivity index (χ4v) is 4.35. The van der Waals surface area contributed by atoms with Crippen LogP contribution in [-0.4, -0.2) is 38.8 Å². The van der Waals surface area contributed by atoms with E-state index in [1.807, 2.05) is 0 Å². The highest BCUT2D eigenvalue weighted by Gasteiger charge is 2.54. The number of methoxy groups -OCH3 is 1. The molecule has 0 bridgehead atoms. The van der Waals surface area contributed by atoms with Crippen molar-refractivity contribution in [3.8, 4) is 5.75 Å². The molecule has 3 rings (SSSR count). The van der Waals surface area contributed by atoms with Crippen LogP contribution in [0, 0.1) is 0 Å². The normalized spacial score (nSPS) is 28.6. The van der Waals surface area contributed by atoms with Crippen LogP contribution in [0.5, 0.6) is 5.75 Å². The summed E-state index contributed by atoms with van der Waals surface area (Å²) in [7, 11) is 6.26. The molecule has 2 aliphatic rings. The molecule has 2 atom stereocenters. The van der Waals surface area contributed by atoms with E-state index in [0.717, 1.165) is 5.75 Å². The van der Waals surface area contributed by atoms with Crippen molar-refractivity contribution >= 4 is 5.69 Å². The van der Waals surface area contributed by atoms with Gasteiger partial charge in [0, 0.05) is 24.7 Å². The quantitative estimate of drug-likeness (QED) is 0.838. The number of nitrogens with zero attached hydrogens (tertiary/aromatic N) is 2. The fourth-order valence-electron chi connectivity index (χ4n) is 4.35. The lowest BCUT2D eigenvalue weighted by Gasteiger charge is -2.35. The summed E-state index contributed by atoms with van der Waals surface area (Å²) in [4.78, 5) is 4.99. The number of benzene rings is 1. The van der Waals surface area contributed by atoms with Gasteiger partial charge in [0.15, 0.2) is 0 Å². The van der Waals surface area contributed by atoms with Gasteiger partial charge in [-0.3, -0.25) is 4.90 Å². The average Bonchev–Trinajstić information content (AvgIpc) is 2.92. The predicted octanol–water partition coefficient (Wildman–Crippen LogP) is 3.23. The van der Waals surface area contributed by atoms with Crippen LogP contribution in [0.2, 0.25) is 0 Å². The van der Waals surface area contributed by atoms with E-state index in [-0.39, 0.29) is 0 Å². The minimum absolute atomic E-state index is 0.295. The summed E-state index contributed by atoms with van der Waals surface area (Å²) in [6, 6.07) is 6.60. The lowest BCUT2D eigenvalue weighted by Crippen LogP contribution is -2.46. The van der Waals surface area contributed by atoms with Crippen molar-refractivity contribution in [2.24, 2.45) is 0 Å². The molecule has 1 saturated heterocycles. The van der Waals surface area contributed by atoms with Gasteiger partial charge in [0.1, 0.15) is 5.75 Å². The number of fused-ring (bicyclic) bond motifs is 3. The number of unbranched alkanes of at least 4 members (excludes halogenated alkanes) is 1. The molecule has 1 fully saturated rings. The van der Waals surface area contributed by atoms with E-state index in [9.17, 15) is 0 Å². The zero-order chi connectivity index (χ0) is 14.3. The molecule has 2 aliphatic heterocycles. The van der Waals surface area contributed by atoms with Crippen LogP contribution in [0.3, 0.4) is 0 Å². The minimum atomic E-state index is 0.295. The Labute approximate surface area is 122 Å². The van der Waals surface area contributed by atoms with E-state index in [4.69, 9.17) is 4.74 Å². The number of hydrogen-bond donors (Lipinski definition) is 0. The van der Waals surface area contributed by atoms with Crippen LogP contribution in [0.15, 0.2) is 18.2 Å². The Hall–Kier alpha value is -1.22. The van der Waals surface area contributed by atoms with Crippen LogP contribution in [0.4, 0.5) is 5.69 Å². The number of rotatable bonds is 4. The molecule has 0 aliphatic carbocycles. The summed E-state index contributed by atoms with van der Waals surface area (Å²) in [6.45, 7) is 3.48. The van der Waals surface area contributed by atoms with Crippen molar-refractivity contribution < 1.29 is 4.74 Å². The molecule has 3 heteroatoms. The molecule has 0 radical (unpaired) electrons. The second-order valence-electron chi connectivity index (χ2n) is 6.36. The van der Waals surface area contributed by atoms with Crippen LogP contribution in [-0.2, 0) is 5.41 Å². The molecule has 0 spiro atoms. The van der Waals surface area contributed by atoms with Gasteiger partial charge >= 0.3 is 0 Å². The van der Waals surface area contributed by atoms with Crippen LogP contribution < -0.4 is 9.64 Å². The van der Waals surface area contributed by atoms with Crippen LogP contribution >= 0.6 is 0 Å². The third kappa shape index (κ3) is 1.76. The number of likely N-dealkylation sites (N-methyl/N-ethyl adjacent to an activating group) is 2. The van der Waals surface area contributed by atoms with Crippen molar-refractivity contribution in [1.82, 2.24) is 4.90 Å². The molecule has 0 amide bonds. The van der Waals surface area contributed by atoms with Crippen molar-refractivity contribution in [3.63, 3.8) is 0 Å². The zero-order valence-corrected chi connectivity index (χ0v) is 13.1. The average molecular weight is 274 g/mol. The molecule has 1 aromatic rings. The third-order valence-corrected chi connectivity index (χ3v) is 5.29. The van der Waals surface area contributed by atoms with E-state index in [1.165, 1.54) is 43.5 Å². The highest BCUT2D eigenvalue weighted by Crippen LogP contribution is 2.54. The summed E-state index contributed by atoms with van der Waals surface area (Å²) in [6.07, 6.45) is 5.62. The van der Waals surface area contributed by atoms with E-state index in [2.05, 4.69) is 49.0 Å². The topological polar surface area (TPSA) is 15.7 Å². The second kappa shape index (κ2) is 4.96. The molecule has 20 heavy (non-hydrogen) atoms. The molecule has 0 aromatic heterocycles. The van der Waals surface area contributed by atoms with Crippen molar-refractivity contribution in [2.45, 2.75) is 44.2 Å². The molecular weight excluding hydrogens is 248 g/mol. The van der Waals surface area contributed by atoms with Crippen molar-refractivity contribution in [3.05, 3.63) is 23.8 Å². The standard InChI is InChI=1S/C17H26N2O/c1-5-6-9-17-10-11-18(2)16(17)19(3)15-8-7-13(20-4)12-14(15)17/h7-8,12,16H,5-6,9-11H2,1-4H3/t16-,17+/m1/s1. The summed E-state index contributed by atoms with van der Waals surface area (Å²) in [5.41, 5.74) is 3.18. The molecule has 0 saturated carbocycles. The molecule has 2 heterocycles. The summed E-state index contributed by atoms with van der Waals surface area (Å²) in [5, 5.41) is 0. The van der Waals surface area contributed by atoms with Gasteiger partial charge in [-0.15, -0.1) is 0 Å². The lowest BCUT2D eigenvalue weighted by molar-refractivity contribution is 0.244. The number of ether oxygens (including phenoxy) is 1. The van der Waals surface area contributed by atoms with Crippen molar-refractivity contribution in [2.75, 3.05) is 32.6 Å². The summed E-state index contributed by atoms with van der Waals surface area (Å²) >= 11 is 0. The van der Waals surface area contributed by atoms with E-state index < -0.39 is 0 Å². The Morgan fingerprint density at radius 1 is 1.35 bits per heavy atom. The first kappa shape index (κ1) is 13.7. The monoisotopic (exact) mass is 274 g/mol. The van der Waals surface area contributed by atoms with Gasteiger partial charge in [0.25, 0.3) is 0 Å². The van der Waals surface area contributed by atoms with Gasteiger partial charge in [0.2, 0.25) is 0 Å². The van der Waals surface area contributed by atoms with Gasteiger partial charge < -0.3 is 9.64 Å². The van der Waals surface area contributed by atoms with Gasteiger partial charge in [-0.05, 0) is 43.7 Å². The van der Waals surface area contributed by atoms with E-state index >= 15 is 0 Å². The highest BCUT2D eigenvalue weighted by atomic mass is 16.5. The minimum Gasteiger partial charge on any atom is -0.497 e. The number of hydrogen-bond acceptors (Lipinski definition) is 3. The molecule has 3 nitrogen and oxygen atoms in total. The van der Waals surface area contributed by atoms with Crippen LogP contribution in [0.25, 0.3) is 0 Å². The largest absolute Gasteiger partial charge is 0.497 e. The van der Waals surface area contributed by atoms with Crippen LogP contribution in [0.1, 0.15) is 38.2 Å². The predicted molar refractivity (Wildman–Crippen MR) is 83.6 cm³/mol. The fraction of sp³-hybridized carbons (Fsp3) is 0.647. The molecule has 110 valence electrons. The van der Waals surface area contributed by atoms with E-state index in [0.29, 0.717) is 11.6 Å². The maximum absolute atomic E-state index is 5.47. The highest BCUT2D eigenvalue weighted by molar-refractivity contribution is 5.66. The third-order valence-electron chi connectivity index (χ3n) is 5.29. The lowest BCUT2D eigenvalue weighted by atomic mass is 9.75. The Kier molecular flexibility index (Phi) is 3.41. The molecule has 1 aromatic carbocycles. The molecule has 0 N–H and O–H groups in total. The number of anilines is 1. The molecular formula is C17H26N2O. The first-order valence-corrected chi connectivity index (χ1v) is 7.75. The van der Waals surface area contributed by atoms with Gasteiger partial charge in [-0.25, -0.2) is 0 Å². The maximum atomic E-state index is 5.47. The first-order valence-electron chi connectivity index (χ1n) is 7.75. The number of likely N-dealkylation sites (tertiary alicyclic amines) is 1. The molecule has 0 unspecified atom stereocenters. The Morgan fingerprint density at radius 3 is 2.85 bits per heavy atom. The summed E-state index contributed by atoms with van der Waals surface area (Å²) in [5.74, 6) is 0.989. The zero-order valence-electron chi connectivity index (χ0n) is 13.1. The van der Waals surface area contributed by atoms with E-state index in [1.54, 1.807) is 7.11 Å². The maximum Gasteiger partial charge on any atom is 0.119 e. The SMILES string of the molecule is CCCC[C@@]12CCN(C)[C@@H]1N(C)c1ccc(OC)cc12. The Balaban J connectivity index is 2.09. The van der Waals surface area contributed by atoms with Crippen molar-refractivity contribution in [1.29, 1.82) is 0 Å². The summed E-state index contributed by atoms with van der Waals surface area (Å²) < 4.78 is 5.47. The van der Waals surface area contributed by atoms with Gasteiger partial charge in [-0.2, -0.15) is 0 Å². The Bertz CT molecular complexity index is 502. The first-order chi connectivity index (χ1) is 9.64. The van der Waals surface area contributed by atoms with Gasteiger partial charge in [-0.1, -0.05) is 19.8 Å². The second-order valence-corrected chi connectivity index (χ2v) is 6.36. The smallest absolute Gasteiger partial charge is 0.119 e. The Morgan fingerprint density at radius 2 is 2.15 bits per heavy atom.